The summed E-state index contributed by atoms with van der Waals surface area (Å²) < 4.78 is 29.9. The maximum absolute atomic E-state index is 12.0. The topological polar surface area (TPSA) is 63.4 Å². The second-order valence-electron chi connectivity index (χ2n) is 7.19. The normalized spacial score (nSPS) is 18.1. The van der Waals surface area contributed by atoms with E-state index >= 15 is 0 Å². The first kappa shape index (κ1) is 18.4. The van der Waals surface area contributed by atoms with E-state index in [1.807, 2.05) is 0 Å². The zero-order chi connectivity index (χ0) is 18.0. The number of benzene rings is 1. The minimum Gasteiger partial charge on any atom is -0.439 e. The van der Waals surface area contributed by atoms with E-state index in [0.29, 0.717) is 34.5 Å². The number of oxazole rings is 1. The van der Waals surface area contributed by atoms with Crippen molar-refractivity contribution in [2.45, 2.75) is 63.4 Å². The first-order valence-corrected chi connectivity index (χ1v) is 10.9. The van der Waals surface area contributed by atoms with Crippen molar-refractivity contribution in [1.29, 1.82) is 0 Å². The lowest BCUT2D eigenvalue weighted by atomic mass is 9.84. The summed E-state index contributed by atoms with van der Waals surface area (Å²) in [6, 6.07) is 5.42. The fourth-order valence-corrected chi connectivity index (χ4v) is 4.62. The average molecular weight is 365 g/mol. The van der Waals surface area contributed by atoms with Gasteiger partial charge in [0.25, 0.3) is 0 Å². The number of hydrogen-bond donors (Lipinski definition) is 0. The monoisotopic (exact) mass is 364 g/mol. The Morgan fingerprint density at radius 3 is 2.68 bits per heavy atom. The van der Waals surface area contributed by atoms with Crippen molar-refractivity contribution in [3.63, 3.8) is 0 Å². The first-order chi connectivity index (χ1) is 11.9. The lowest BCUT2D eigenvalue weighted by Gasteiger charge is -2.33. The van der Waals surface area contributed by atoms with Crippen LogP contribution in [-0.4, -0.2) is 37.1 Å². The molecule has 0 aliphatic heterocycles. The second kappa shape index (κ2) is 7.46. The van der Waals surface area contributed by atoms with E-state index in [1.165, 1.54) is 32.1 Å². The van der Waals surface area contributed by atoms with Gasteiger partial charge in [0, 0.05) is 6.04 Å². The molecular weight excluding hydrogens is 336 g/mol. The van der Waals surface area contributed by atoms with Gasteiger partial charge in [-0.2, -0.15) is 0 Å². The predicted molar refractivity (Wildman–Crippen MR) is 99.2 cm³/mol. The molecule has 0 N–H and O–H groups in total. The minimum absolute atomic E-state index is 0.0882. The molecule has 0 saturated heterocycles. The lowest BCUT2D eigenvalue weighted by molar-refractivity contribution is 0.142. The van der Waals surface area contributed by atoms with E-state index in [0.717, 1.165) is 5.92 Å². The Balaban J connectivity index is 1.75. The lowest BCUT2D eigenvalue weighted by Crippen LogP contribution is -2.36. The van der Waals surface area contributed by atoms with Gasteiger partial charge < -0.3 is 4.42 Å². The average Bonchev–Trinajstić information content (AvgIpc) is 3.03. The van der Waals surface area contributed by atoms with Crippen molar-refractivity contribution in [3.05, 3.63) is 24.1 Å². The van der Waals surface area contributed by atoms with Gasteiger partial charge in [-0.15, -0.1) is 0 Å². The Bertz CT molecular complexity index is 822. The van der Waals surface area contributed by atoms with Crippen LogP contribution in [0.4, 0.5) is 0 Å². The molecule has 3 rings (SSSR count). The Morgan fingerprint density at radius 2 is 2.00 bits per heavy atom. The molecule has 1 aromatic carbocycles. The van der Waals surface area contributed by atoms with Crippen LogP contribution in [0, 0.1) is 5.92 Å². The van der Waals surface area contributed by atoms with E-state index in [4.69, 9.17) is 4.42 Å². The molecule has 0 bridgehead atoms. The summed E-state index contributed by atoms with van der Waals surface area (Å²) >= 11 is 0. The molecular formula is C19H28N2O3S. The molecule has 1 fully saturated rings. The van der Waals surface area contributed by atoms with Gasteiger partial charge >= 0.3 is 0 Å². The number of rotatable bonds is 6. The van der Waals surface area contributed by atoms with Crippen molar-refractivity contribution in [3.8, 4) is 0 Å². The molecule has 2 aromatic rings. The van der Waals surface area contributed by atoms with Gasteiger partial charge in [-0.05, 0) is 50.9 Å². The number of aromatic nitrogens is 1. The molecule has 138 valence electrons. The Morgan fingerprint density at radius 1 is 1.28 bits per heavy atom. The highest BCUT2D eigenvalue weighted by Gasteiger charge is 2.24. The molecule has 1 heterocycles. The third-order valence-corrected chi connectivity index (χ3v) is 7.29. The van der Waals surface area contributed by atoms with Gasteiger partial charge in [-0.25, -0.2) is 13.4 Å². The number of fused-ring (bicyclic) bond motifs is 1. The molecule has 25 heavy (non-hydrogen) atoms. The van der Waals surface area contributed by atoms with E-state index < -0.39 is 9.84 Å². The Kier molecular flexibility index (Phi) is 5.49. The van der Waals surface area contributed by atoms with Crippen LogP contribution in [0.15, 0.2) is 27.5 Å². The highest BCUT2D eigenvalue weighted by molar-refractivity contribution is 7.91. The fraction of sp³-hybridized carbons (Fsp3) is 0.632. The fourth-order valence-electron chi connectivity index (χ4n) is 3.72. The quantitative estimate of drug-likeness (QED) is 0.774. The van der Waals surface area contributed by atoms with E-state index in [1.54, 1.807) is 25.1 Å². The van der Waals surface area contributed by atoms with Gasteiger partial charge in [-0.3, -0.25) is 4.90 Å². The molecule has 1 aliphatic rings. The van der Waals surface area contributed by atoms with Gasteiger partial charge in [0.2, 0.25) is 5.89 Å². The maximum Gasteiger partial charge on any atom is 0.209 e. The van der Waals surface area contributed by atoms with Gasteiger partial charge in [0.15, 0.2) is 15.4 Å². The highest BCUT2D eigenvalue weighted by atomic mass is 32.2. The molecule has 1 aliphatic carbocycles. The van der Waals surface area contributed by atoms with E-state index in [-0.39, 0.29) is 5.75 Å². The third-order valence-electron chi connectivity index (χ3n) is 5.55. The third kappa shape index (κ3) is 4.06. The SMILES string of the molecule is CCS(=O)(=O)c1ccc2oc(CN(C)C(C)C3CCCCC3)nc2c1. The molecule has 1 aromatic heterocycles. The summed E-state index contributed by atoms with van der Waals surface area (Å²) in [6.45, 7) is 4.57. The van der Waals surface area contributed by atoms with Crippen molar-refractivity contribution in [1.82, 2.24) is 9.88 Å². The molecule has 1 atom stereocenters. The summed E-state index contributed by atoms with van der Waals surface area (Å²) in [5, 5.41) is 0. The van der Waals surface area contributed by atoms with Crippen LogP contribution in [-0.2, 0) is 16.4 Å². The molecule has 6 heteroatoms. The highest BCUT2D eigenvalue weighted by Crippen LogP contribution is 2.29. The van der Waals surface area contributed by atoms with Crippen LogP contribution in [0.1, 0.15) is 51.8 Å². The van der Waals surface area contributed by atoms with Crippen LogP contribution >= 0.6 is 0 Å². The summed E-state index contributed by atoms with van der Waals surface area (Å²) in [6.07, 6.45) is 6.64. The van der Waals surface area contributed by atoms with Crippen LogP contribution in [0.5, 0.6) is 0 Å². The van der Waals surface area contributed by atoms with Crippen LogP contribution in [0.2, 0.25) is 0 Å². The Hall–Kier alpha value is -1.40. The van der Waals surface area contributed by atoms with Crippen molar-refractivity contribution in [2.75, 3.05) is 12.8 Å². The molecule has 0 spiro atoms. The van der Waals surface area contributed by atoms with Gasteiger partial charge in [0.1, 0.15) is 5.52 Å². The number of sulfone groups is 1. The minimum atomic E-state index is -3.22. The molecule has 5 nitrogen and oxygen atoms in total. The summed E-state index contributed by atoms with van der Waals surface area (Å²) in [5.41, 5.74) is 1.26. The zero-order valence-electron chi connectivity index (χ0n) is 15.4. The van der Waals surface area contributed by atoms with Crippen LogP contribution < -0.4 is 0 Å². The van der Waals surface area contributed by atoms with E-state index in [2.05, 4.69) is 23.9 Å². The molecule has 0 amide bonds. The summed E-state index contributed by atoms with van der Waals surface area (Å²) in [4.78, 5) is 7.12. The predicted octanol–water partition coefficient (Wildman–Crippen LogP) is 4.02. The number of nitrogens with zero attached hydrogens (tertiary/aromatic N) is 2. The van der Waals surface area contributed by atoms with Crippen LogP contribution in [0.25, 0.3) is 11.1 Å². The standard InChI is InChI=1S/C19H28N2O3S/c1-4-25(22,23)16-10-11-18-17(12-16)20-19(24-18)13-21(3)14(2)15-8-6-5-7-9-15/h10-12,14-15H,4-9,13H2,1-3H3. The number of hydrogen-bond acceptors (Lipinski definition) is 5. The molecule has 0 radical (unpaired) electrons. The summed E-state index contributed by atoms with van der Waals surface area (Å²) in [7, 11) is -1.11. The Labute approximate surface area is 150 Å². The van der Waals surface area contributed by atoms with E-state index in [9.17, 15) is 8.42 Å². The van der Waals surface area contributed by atoms with Gasteiger partial charge in [0.05, 0.1) is 17.2 Å². The van der Waals surface area contributed by atoms with Gasteiger partial charge in [-0.1, -0.05) is 26.2 Å². The van der Waals surface area contributed by atoms with Crippen molar-refractivity contribution < 1.29 is 12.8 Å². The smallest absolute Gasteiger partial charge is 0.209 e. The van der Waals surface area contributed by atoms with Crippen molar-refractivity contribution >= 4 is 20.9 Å². The summed E-state index contributed by atoms with van der Waals surface area (Å²) in [5.74, 6) is 1.47. The maximum atomic E-state index is 12.0. The first-order valence-electron chi connectivity index (χ1n) is 9.23. The molecule has 1 saturated carbocycles. The van der Waals surface area contributed by atoms with Crippen LogP contribution in [0.3, 0.4) is 0 Å². The second-order valence-corrected chi connectivity index (χ2v) is 9.47. The largest absolute Gasteiger partial charge is 0.439 e. The zero-order valence-corrected chi connectivity index (χ0v) is 16.2. The molecule has 1 unspecified atom stereocenters. The van der Waals surface area contributed by atoms with Crippen molar-refractivity contribution in [2.24, 2.45) is 5.92 Å².